The van der Waals surface area contributed by atoms with E-state index in [0.717, 1.165) is 5.56 Å². The van der Waals surface area contributed by atoms with E-state index < -0.39 is 5.69 Å². The number of aromatic nitrogens is 2. The highest BCUT2D eigenvalue weighted by Crippen LogP contribution is 2.35. The molecule has 1 aliphatic rings. The van der Waals surface area contributed by atoms with E-state index in [0.29, 0.717) is 23.6 Å². The van der Waals surface area contributed by atoms with Gasteiger partial charge in [-0.25, -0.2) is 4.79 Å². The van der Waals surface area contributed by atoms with Gasteiger partial charge in [-0.05, 0) is 17.9 Å². The Kier molecular flexibility index (Phi) is 2.04. The summed E-state index contributed by atoms with van der Waals surface area (Å²) in [6.45, 7) is 2.09. The van der Waals surface area contributed by atoms with E-state index >= 15 is 0 Å². The quantitative estimate of drug-likeness (QED) is 0.715. The average Bonchev–Trinajstić information content (AvgIpc) is 2.31. The molecule has 0 fully saturated rings. The van der Waals surface area contributed by atoms with E-state index in [1.165, 1.54) is 5.56 Å². The van der Waals surface area contributed by atoms with Gasteiger partial charge in [0.2, 0.25) is 0 Å². The second-order valence-electron chi connectivity index (χ2n) is 4.45. The first kappa shape index (κ1) is 10.1. The molecule has 0 radical (unpaired) electrons. The van der Waals surface area contributed by atoms with Crippen LogP contribution < -0.4 is 11.2 Å². The van der Waals surface area contributed by atoms with Crippen LogP contribution >= 0.6 is 0 Å². The van der Waals surface area contributed by atoms with Crippen molar-refractivity contribution >= 4 is 0 Å². The van der Waals surface area contributed by atoms with Crippen LogP contribution in [0.4, 0.5) is 0 Å². The van der Waals surface area contributed by atoms with Crippen LogP contribution in [0.2, 0.25) is 0 Å². The number of rotatable bonds is 0. The van der Waals surface area contributed by atoms with Crippen LogP contribution in [0.15, 0.2) is 33.9 Å². The number of aromatic amines is 2. The largest absolute Gasteiger partial charge is 0.326 e. The van der Waals surface area contributed by atoms with Crippen molar-refractivity contribution < 1.29 is 0 Å². The van der Waals surface area contributed by atoms with Gasteiger partial charge in [-0.15, -0.1) is 0 Å². The average molecular weight is 228 g/mol. The second-order valence-corrected chi connectivity index (χ2v) is 4.45. The molecule has 86 valence electrons. The van der Waals surface area contributed by atoms with Gasteiger partial charge in [0.25, 0.3) is 5.56 Å². The SMILES string of the molecule is CC1Cc2c([nH]c(=O)[nH]c2=O)-c2ccccc21. The van der Waals surface area contributed by atoms with E-state index in [1.54, 1.807) is 0 Å². The zero-order valence-corrected chi connectivity index (χ0v) is 9.41. The van der Waals surface area contributed by atoms with Crippen LogP contribution in [0.1, 0.15) is 24.0 Å². The Labute approximate surface area is 97.3 Å². The third-order valence-electron chi connectivity index (χ3n) is 3.31. The molecule has 0 bridgehead atoms. The number of benzene rings is 1. The minimum Gasteiger partial charge on any atom is -0.307 e. The molecular formula is C13H12N2O2. The molecular weight excluding hydrogens is 216 g/mol. The van der Waals surface area contributed by atoms with E-state index in [2.05, 4.69) is 16.9 Å². The van der Waals surface area contributed by atoms with Crippen LogP contribution in [0.3, 0.4) is 0 Å². The molecule has 3 rings (SSSR count). The summed E-state index contributed by atoms with van der Waals surface area (Å²) in [6.07, 6.45) is 0.665. The number of H-pyrrole nitrogens is 2. The molecule has 0 spiro atoms. The lowest BCUT2D eigenvalue weighted by Gasteiger charge is -2.23. The Morgan fingerprint density at radius 1 is 1.18 bits per heavy atom. The Bertz CT molecular complexity index is 697. The van der Waals surface area contributed by atoms with E-state index in [9.17, 15) is 9.59 Å². The molecule has 0 saturated heterocycles. The third-order valence-corrected chi connectivity index (χ3v) is 3.31. The molecule has 1 atom stereocenters. The van der Waals surface area contributed by atoms with Crippen LogP contribution in [-0.2, 0) is 6.42 Å². The predicted octanol–water partition coefficient (Wildman–Crippen LogP) is 1.39. The highest BCUT2D eigenvalue weighted by atomic mass is 16.2. The zero-order valence-electron chi connectivity index (χ0n) is 9.41. The minimum atomic E-state index is -0.446. The number of hydrogen-bond donors (Lipinski definition) is 2. The summed E-state index contributed by atoms with van der Waals surface area (Å²) >= 11 is 0. The summed E-state index contributed by atoms with van der Waals surface area (Å²) < 4.78 is 0. The van der Waals surface area contributed by atoms with Crippen molar-refractivity contribution in [3.8, 4) is 11.3 Å². The van der Waals surface area contributed by atoms with Gasteiger partial charge in [-0.2, -0.15) is 0 Å². The summed E-state index contributed by atoms with van der Waals surface area (Å²) in [6, 6.07) is 7.88. The van der Waals surface area contributed by atoms with Crippen molar-refractivity contribution in [2.24, 2.45) is 0 Å². The zero-order chi connectivity index (χ0) is 12.0. The first-order valence-electron chi connectivity index (χ1n) is 5.61. The maximum Gasteiger partial charge on any atom is 0.326 e. The molecule has 4 heteroatoms. The third kappa shape index (κ3) is 1.45. The molecule has 4 nitrogen and oxygen atoms in total. The maximum atomic E-state index is 11.8. The van der Waals surface area contributed by atoms with Gasteiger partial charge in [0.1, 0.15) is 0 Å². The second kappa shape index (κ2) is 3.45. The molecule has 1 unspecified atom stereocenters. The standard InChI is InChI=1S/C13H12N2O2/c1-7-6-10-11(14-13(17)15-12(10)16)9-5-3-2-4-8(7)9/h2-5,7H,6H2,1H3,(H2,14,15,16,17). The summed E-state index contributed by atoms with van der Waals surface area (Å²) in [5, 5.41) is 0. The normalized spacial score (nSPS) is 17.4. The Morgan fingerprint density at radius 2 is 1.94 bits per heavy atom. The molecule has 0 amide bonds. The Hall–Kier alpha value is -2.10. The smallest absolute Gasteiger partial charge is 0.307 e. The van der Waals surface area contributed by atoms with Gasteiger partial charge in [-0.1, -0.05) is 31.2 Å². The van der Waals surface area contributed by atoms with Crippen molar-refractivity contribution in [2.75, 3.05) is 0 Å². The van der Waals surface area contributed by atoms with Crippen molar-refractivity contribution in [3.63, 3.8) is 0 Å². The lowest BCUT2D eigenvalue weighted by atomic mass is 9.82. The Morgan fingerprint density at radius 3 is 2.76 bits per heavy atom. The summed E-state index contributed by atoms with van der Waals surface area (Å²) in [7, 11) is 0. The van der Waals surface area contributed by atoms with Crippen LogP contribution in [0.5, 0.6) is 0 Å². The number of nitrogens with one attached hydrogen (secondary N) is 2. The van der Waals surface area contributed by atoms with Crippen molar-refractivity contribution in [1.82, 2.24) is 9.97 Å². The van der Waals surface area contributed by atoms with Crippen LogP contribution in [0, 0.1) is 0 Å². The highest BCUT2D eigenvalue weighted by molar-refractivity contribution is 5.69. The van der Waals surface area contributed by atoms with Gasteiger partial charge >= 0.3 is 5.69 Å². The molecule has 1 aliphatic carbocycles. The molecule has 17 heavy (non-hydrogen) atoms. The predicted molar refractivity (Wildman–Crippen MR) is 65.2 cm³/mol. The van der Waals surface area contributed by atoms with Gasteiger partial charge in [0, 0.05) is 11.1 Å². The highest BCUT2D eigenvalue weighted by Gasteiger charge is 2.24. The van der Waals surface area contributed by atoms with Crippen molar-refractivity contribution in [1.29, 1.82) is 0 Å². The molecule has 1 heterocycles. The van der Waals surface area contributed by atoms with Crippen LogP contribution in [0.25, 0.3) is 11.3 Å². The van der Waals surface area contributed by atoms with Crippen LogP contribution in [-0.4, -0.2) is 9.97 Å². The lowest BCUT2D eigenvalue weighted by Crippen LogP contribution is -2.29. The van der Waals surface area contributed by atoms with E-state index in [1.807, 2.05) is 24.3 Å². The first-order valence-corrected chi connectivity index (χ1v) is 5.61. The first-order chi connectivity index (χ1) is 8.16. The number of hydrogen-bond acceptors (Lipinski definition) is 2. The fourth-order valence-electron chi connectivity index (χ4n) is 2.51. The van der Waals surface area contributed by atoms with Gasteiger partial charge in [0.05, 0.1) is 5.69 Å². The summed E-state index contributed by atoms with van der Waals surface area (Å²) in [5.41, 5.74) is 2.78. The molecule has 1 aromatic carbocycles. The summed E-state index contributed by atoms with van der Waals surface area (Å²) in [4.78, 5) is 28.1. The maximum absolute atomic E-state index is 11.8. The molecule has 1 aromatic heterocycles. The van der Waals surface area contributed by atoms with Gasteiger partial charge in [-0.3, -0.25) is 9.78 Å². The topological polar surface area (TPSA) is 65.7 Å². The fraction of sp³-hybridized carbons (Fsp3) is 0.231. The minimum absolute atomic E-state index is 0.273. The summed E-state index contributed by atoms with van der Waals surface area (Å²) in [5.74, 6) is 0.297. The van der Waals surface area contributed by atoms with E-state index in [-0.39, 0.29) is 5.56 Å². The molecule has 0 saturated carbocycles. The number of fused-ring (bicyclic) bond motifs is 3. The fourth-order valence-corrected chi connectivity index (χ4v) is 2.51. The van der Waals surface area contributed by atoms with Gasteiger partial charge in [0.15, 0.2) is 0 Å². The molecule has 2 N–H and O–H groups in total. The van der Waals surface area contributed by atoms with Gasteiger partial charge < -0.3 is 4.98 Å². The van der Waals surface area contributed by atoms with Crippen molar-refractivity contribution in [2.45, 2.75) is 19.3 Å². The molecule has 0 aliphatic heterocycles. The monoisotopic (exact) mass is 228 g/mol. The Balaban J connectivity index is 2.41. The van der Waals surface area contributed by atoms with E-state index in [4.69, 9.17) is 0 Å². The lowest BCUT2D eigenvalue weighted by molar-refractivity contribution is 0.730. The molecule has 2 aromatic rings. The van der Waals surface area contributed by atoms with Crippen molar-refractivity contribution in [3.05, 3.63) is 56.2 Å².